The topological polar surface area (TPSA) is 30.5 Å². The second-order valence-electron chi connectivity index (χ2n) is 4.45. The molecule has 1 aromatic carbocycles. The largest absolute Gasteiger partial charge is 0.410 e. The Bertz CT molecular complexity index is 459. The number of hydrogen-bond donors (Lipinski definition) is 1. The minimum absolute atomic E-state index is 0.0144. The van der Waals surface area contributed by atoms with Crippen LogP contribution in [0.3, 0.4) is 0 Å². The van der Waals surface area contributed by atoms with Gasteiger partial charge in [0.05, 0.1) is 6.04 Å². The molecule has 0 bridgehead atoms. The molecule has 0 amide bonds. The lowest BCUT2D eigenvalue weighted by atomic mass is 10.1. The van der Waals surface area contributed by atoms with Crippen molar-refractivity contribution in [2.75, 3.05) is 13.2 Å². The molecule has 1 aliphatic rings. The lowest BCUT2D eigenvalue weighted by Crippen LogP contribution is -2.20. The molecule has 23 heavy (non-hydrogen) atoms. The summed E-state index contributed by atoms with van der Waals surface area (Å²) in [6, 6.07) is 7.16. The molecule has 0 fully saturated rings. The Morgan fingerprint density at radius 2 is 1.74 bits per heavy atom. The van der Waals surface area contributed by atoms with Gasteiger partial charge in [0.25, 0.3) is 5.92 Å². The number of rotatable bonds is 5. The van der Waals surface area contributed by atoms with Gasteiger partial charge in [-0.3, -0.25) is 0 Å². The van der Waals surface area contributed by atoms with E-state index in [1.807, 2.05) is 39.8 Å². The summed E-state index contributed by atoms with van der Waals surface area (Å²) < 4.78 is 30.0. The van der Waals surface area contributed by atoms with Crippen molar-refractivity contribution >= 4 is 11.6 Å². The fraction of sp³-hybridized carbons (Fsp3) is 0.529. The van der Waals surface area contributed by atoms with Crippen molar-refractivity contribution < 1.29 is 18.4 Å². The van der Waals surface area contributed by atoms with E-state index in [1.54, 1.807) is 18.2 Å². The summed E-state index contributed by atoms with van der Waals surface area (Å²) in [6.45, 7) is 8.20. The summed E-state index contributed by atoms with van der Waals surface area (Å²) in [5.74, 6) is -2.34. The lowest BCUT2D eigenvalue weighted by molar-refractivity contribution is -0.0651. The van der Waals surface area contributed by atoms with E-state index in [0.29, 0.717) is 10.8 Å². The van der Waals surface area contributed by atoms with Crippen LogP contribution in [0.25, 0.3) is 0 Å². The predicted molar refractivity (Wildman–Crippen MR) is 90.6 cm³/mol. The number of benzene rings is 1. The molecular weight excluding hydrogens is 324 g/mol. The van der Waals surface area contributed by atoms with E-state index in [1.165, 1.54) is 0 Å². The van der Waals surface area contributed by atoms with Crippen molar-refractivity contribution in [2.45, 2.75) is 46.6 Å². The van der Waals surface area contributed by atoms with Crippen molar-refractivity contribution in [1.82, 2.24) is 5.48 Å². The maximum atomic E-state index is 12.6. The van der Waals surface area contributed by atoms with Gasteiger partial charge >= 0.3 is 0 Å². The third-order valence-electron chi connectivity index (χ3n) is 2.50. The molecule has 1 heterocycles. The van der Waals surface area contributed by atoms with E-state index in [2.05, 4.69) is 5.48 Å². The molecule has 1 aromatic rings. The van der Waals surface area contributed by atoms with Crippen molar-refractivity contribution in [3.63, 3.8) is 0 Å². The van der Waals surface area contributed by atoms with Gasteiger partial charge in [-0.05, 0) is 23.8 Å². The number of halogens is 3. The first-order valence-corrected chi connectivity index (χ1v) is 8.16. The van der Waals surface area contributed by atoms with Crippen LogP contribution in [-0.2, 0) is 9.57 Å². The zero-order valence-electron chi connectivity index (χ0n) is 14.3. The Morgan fingerprint density at radius 1 is 1.17 bits per heavy atom. The second kappa shape index (κ2) is 11.4. The van der Waals surface area contributed by atoms with E-state index in [-0.39, 0.29) is 12.6 Å². The summed E-state index contributed by atoms with van der Waals surface area (Å²) in [5, 5.41) is 0.653. The Balaban J connectivity index is 0.00000112. The summed E-state index contributed by atoms with van der Waals surface area (Å²) in [7, 11) is 0. The van der Waals surface area contributed by atoms with Gasteiger partial charge in [0.1, 0.15) is 19.0 Å². The molecule has 2 rings (SSSR count). The normalized spacial score (nSPS) is 16.3. The summed E-state index contributed by atoms with van der Waals surface area (Å²) in [5.41, 5.74) is 3.76. The highest BCUT2D eigenvalue weighted by molar-refractivity contribution is 6.30. The number of ether oxygens (including phenoxy) is 1. The highest BCUT2D eigenvalue weighted by Crippen LogP contribution is 2.24. The van der Waals surface area contributed by atoms with Crippen LogP contribution in [0.4, 0.5) is 8.78 Å². The highest BCUT2D eigenvalue weighted by Gasteiger charge is 2.23. The Kier molecular flexibility index (Phi) is 10.8. The molecule has 0 spiro atoms. The molecule has 0 saturated heterocycles. The van der Waals surface area contributed by atoms with Gasteiger partial charge in [0.15, 0.2) is 0 Å². The smallest absolute Gasteiger partial charge is 0.268 e. The SMILES string of the molecule is CC.CC.CC(F)(F)COCC1=CC(c2ccc(Cl)cc2)NO1. The van der Waals surface area contributed by atoms with Crippen LogP contribution in [-0.4, -0.2) is 19.1 Å². The Labute approximate surface area is 142 Å². The molecular formula is C17H26ClF2NO2. The fourth-order valence-electron chi connectivity index (χ4n) is 1.64. The van der Waals surface area contributed by atoms with Crippen molar-refractivity contribution in [1.29, 1.82) is 0 Å². The number of hydrogen-bond acceptors (Lipinski definition) is 3. The first-order valence-electron chi connectivity index (χ1n) is 7.78. The van der Waals surface area contributed by atoms with E-state index in [4.69, 9.17) is 21.2 Å². The number of nitrogens with one attached hydrogen (secondary N) is 1. The lowest BCUT2D eigenvalue weighted by Gasteiger charge is -2.10. The standard InChI is InChI=1S/C13H14ClF2NO2.2C2H6/c1-13(15,16)8-18-7-11-6-12(17-19-11)9-2-4-10(14)5-3-9;2*1-2/h2-6,12,17H,7-8H2,1H3;2*1-2H3. The number of alkyl halides is 2. The van der Waals surface area contributed by atoms with Gasteiger partial charge in [0, 0.05) is 11.9 Å². The average Bonchev–Trinajstić information content (AvgIpc) is 3.00. The van der Waals surface area contributed by atoms with Crippen LogP contribution >= 0.6 is 11.6 Å². The van der Waals surface area contributed by atoms with Crippen LogP contribution in [0.2, 0.25) is 5.02 Å². The van der Waals surface area contributed by atoms with Gasteiger partial charge < -0.3 is 9.57 Å². The zero-order valence-corrected chi connectivity index (χ0v) is 15.1. The predicted octanol–water partition coefficient (Wildman–Crippen LogP) is 5.52. The summed E-state index contributed by atoms with van der Waals surface area (Å²) in [6.07, 6.45) is 1.79. The van der Waals surface area contributed by atoms with Gasteiger partial charge in [-0.15, -0.1) is 5.48 Å². The second-order valence-corrected chi connectivity index (χ2v) is 4.88. The van der Waals surface area contributed by atoms with Crippen LogP contribution in [0.1, 0.15) is 46.2 Å². The Hall–Kier alpha value is -1.17. The van der Waals surface area contributed by atoms with E-state index in [9.17, 15) is 8.78 Å². The molecule has 1 atom stereocenters. The molecule has 1 N–H and O–H groups in total. The maximum Gasteiger partial charge on any atom is 0.268 e. The zero-order chi connectivity index (χ0) is 17.9. The van der Waals surface area contributed by atoms with Gasteiger partial charge in [-0.25, -0.2) is 8.78 Å². The first kappa shape index (κ1) is 21.8. The number of hydroxylamine groups is 1. The monoisotopic (exact) mass is 349 g/mol. The van der Waals surface area contributed by atoms with Gasteiger partial charge in [-0.1, -0.05) is 51.4 Å². The van der Waals surface area contributed by atoms with E-state index in [0.717, 1.165) is 12.5 Å². The molecule has 3 nitrogen and oxygen atoms in total. The summed E-state index contributed by atoms with van der Waals surface area (Å²) in [4.78, 5) is 5.17. The Morgan fingerprint density at radius 3 is 2.26 bits per heavy atom. The molecule has 0 radical (unpaired) electrons. The fourth-order valence-corrected chi connectivity index (χ4v) is 1.76. The van der Waals surface area contributed by atoms with E-state index >= 15 is 0 Å². The highest BCUT2D eigenvalue weighted by atomic mass is 35.5. The average molecular weight is 350 g/mol. The summed E-state index contributed by atoms with van der Waals surface area (Å²) >= 11 is 5.80. The molecule has 1 unspecified atom stereocenters. The third-order valence-corrected chi connectivity index (χ3v) is 2.75. The molecule has 0 saturated carbocycles. The molecule has 0 aromatic heterocycles. The van der Waals surface area contributed by atoms with Gasteiger partial charge in [-0.2, -0.15) is 0 Å². The minimum atomic E-state index is -2.83. The third kappa shape index (κ3) is 8.89. The van der Waals surface area contributed by atoms with E-state index < -0.39 is 12.5 Å². The molecule has 0 aliphatic carbocycles. The molecule has 132 valence electrons. The van der Waals surface area contributed by atoms with Crippen LogP contribution in [0.5, 0.6) is 0 Å². The van der Waals surface area contributed by atoms with Crippen LogP contribution < -0.4 is 5.48 Å². The minimum Gasteiger partial charge on any atom is -0.410 e. The van der Waals surface area contributed by atoms with Crippen LogP contribution in [0.15, 0.2) is 36.1 Å². The molecule has 1 aliphatic heterocycles. The molecule has 6 heteroatoms. The van der Waals surface area contributed by atoms with Gasteiger partial charge in [0.2, 0.25) is 0 Å². The van der Waals surface area contributed by atoms with Crippen LogP contribution in [0, 0.1) is 0 Å². The maximum absolute atomic E-state index is 12.6. The van der Waals surface area contributed by atoms with Crippen molar-refractivity contribution in [3.8, 4) is 0 Å². The quantitative estimate of drug-likeness (QED) is 0.758. The van der Waals surface area contributed by atoms with Crippen molar-refractivity contribution in [2.24, 2.45) is 0 Å². The van der Waals surface area contributed by atoms with Crippen molar-refractivity contribution in [3.05, 3.63) is 46.7 Å². The first-order chi connectivity index (χ1) is 10.9.